The molecule has 0 aliphatic heterocycles. The predicted octanol–water partition coefficient (Wildman–Crippen LogP) is 2.92. The number of aromatic nitrogens is 2. The Labute approximate surface area is 104 Å². The van der Waals surface area contributed by atoms with E-state index in [1.165, 1.54) is 5.56 Å². The van der Waals surface area contributed by atoms with Crippen LogP contribution in [0.5, 0.6) is 0 Å². The Morgan fingerprint density at radius 2 is 1.94 bits per heavy atom. The first-order valence-electron chi connectivity index (χ1n) is 6.02. The van der Waals surface area contributed by atoms with Crippen LogP contribution in [0.25, 0.3) is 0 Å². The maximum atomic E-state index is 4.55. The van der Waals surface area contributed by atoms with Crippen LogP contribution in [0.15, 0.2) is 31.5 Å². The van der Waals surface area contributed by atoms with E-state index in [0.29, 0.717) is 0 Å². The molecule has 1 heterocycles. The van der Waals surface area contributed by atoms with Crippen molar-refractivity contribution in [2.75, 3.05) is 18.0 Å². The molecule has 1 aromatic rings. The molecular weight excluding hydrogens is 210 g/mol. The highest BCUT2D eigenvalue weighted by molar-refractivity contribution is 5.34. The van der Waals surface area contributed by atoms with E-state index >= 15 is 0 Å². The summed E-state index contributed by atoms with van der Waals surface area (Å²) in [6.45, 7) is 13.2. The van der Waals surface area contributed by atoms with E-state index in [2.05, 4.69) is 30.0 Å². The van der Waals surface area contributed by atoms with E-state index in [9.17, 15) is 0 Å². The molecule has 0 amide bonds. The summed E-state index contributed by atoms with van der Waals surface area (Å²) in [6.07, 6.45) is 7.78. The van der Waals surface area contributed by atoms with Crippen molar-refractivity contribution in [2.24, 2.45) is 0 Å². The molecule has 0 fully saturated rings. The summed E-state index contributed by atoms with van der Waals surface area (Å²) >= 11 is 0. The molecule has 3 heteroatoms. The zero-order valence-corrected chi connectivity index (χ0v) is 10.8. The monoisotopic (exact) mass is 231 g/mol. The molecule has 3 nitrogen and oxygen atoms in total. The summed E-state index contributed by atoms with van der Waals surface area (Å²) in [5.41, 5.74) is 2.29. The molecule has 0 aliphatic carbocycles. The average molecular weight is 231 g/mol. The van der Waals surface area contributed by atoms with Crippen molar-refractivity contribution in [3.63, 3.8) is 0 Å². The minimum absolute atomic E-state index is 0.735. The van der Waals surface area contributed by atoms with Crippen LogP contribution in [0.1, 0.15) is 24.6 Å². The average Bonchev–Trinajstić information content (AvgIpc) is 2.32. The Balaban J connectivity index is 2.92. The Hall–Kier alpha value is -1.64. The van der Waals surface area contributed by atoms with Gasteiger partial charge < -0.3 is 4.90 Å². The first-order valence-corrected chi connectivity index (χ1v) is 6.02. The maximum absolute atomic E-state index is 4.55. The zero-order valence-electron chi connectivity index (χ0n) is 10.8. The normalized spacial score (nSPS) is 10.0. The van der Waals surface area contributed by atoms with E-state index in [1.807, 2.05) is 30.2 Å². The second-order valence-corrected chi connectivity index (χ2v) is 4.01. The molecule has 0 N–H and O–H groups in total. The van der Waals surface area contributed by atoms with Crippen LogP contribution in [0, 0.1) is 6.92 Å². The quantitative estimate of drug-likeness (QED) is 0.676. The topological polar surface area (TPSA) is 29.0 Å². The van der Waals surface area contributed by atoms with Gasteiger partial charge in [0, 0.05) is 25.0 Å². The number of nitrogens with zero attached hydrogens (tertiary/aromatic N) is 3. The number of aryl methyl sites for hydroxylation is 2. The van der Waals surface area contributed by atoms with Crippen molar-refractivity contribution in [1.29, 1.82) is 0 Å². The molecule has 0 aliphatic rings. The summed E-state index contributed by atoms with van der Waals surface area (Å²) in [5, 5.41) is 0. The number of anilines is 1. The lowest BCUT2D eigenvalue weighted by molar-refractivity contribution is 0.844. The predicted molar refractivity (Wildman–Crippen MR) is 73.4 cm³/mol. The molecule has 0 unspecified atom stereocenters. The Bertz CT molecular complexity index is 375. The Morgan fingerprint density at radius 3 is 2.41 bits per heavy atom. The Morgan fingerprint density at radius 1 is 1.29 bits per heavy atom. The van der Waals surface area contributed by atoms with E-state index in [1.54, 1.807) is 0 Å². The van der Waals surface area contributed by atoms with E-state index < -0.39 is 0 Å². The third kappa shape index (κ3) is 3.70. The first-order chi connectivity index (χ1) is 8.22. The van der Waals surface area contributed by atoms with Gasteiger partial charge in [0.25, 0.3) is 0 Å². The van der Waals surface area contributed by atoms with Gasteiger partial charge in [-0.05, 0) is 18.9 Å². The van der Waals surface area contributed by atoms with E-state index in [4.69, 9.17) is 0 Å². The number of rotatable bonds is 7. The molecule has 0 radical (unpaired) electrons. The van der Waals surface area contributed by atoms with Gasteiger partial charge in [-0.3, -0.25) is 0 Å². The van der Waals surface area contributed by atoms with E-state index in [0.717, 1.165) is 37.6 Å². The number of hydrogen-bond acceptors (Lipinski definition) is 3. The molecule has 1 rings (SSSR count). The van der Waals surface area contributed by atoms with Gasteiger partial charge in [0.1, 0.15) is 0 Å². The summed E-state index contributed by atoms with van der Waals surface area (Å²) in [6, 6.07) is 0. The molecule has 0 bridgehead atoms. The molecule has 0 saturated heterocycles. The van der Waals surface area contributed by atoms with Crippen LogP contribution in [0.3, 0.4) is 0 Å². The lowest BCUT2D eigenvalue weighted by Gasteiger charge is -2.19. The molecule has 1 aromatic heterocycles. The van der Waals surface area contributed by atoms with Crippen molar-refractivity contribution in [3.05, 3.63) is 42.8 Å². The standard InChI is InChI=1S/C14H21N3/c1-5-8-13-11-15-14(16-12(13)4)17(9-6-2)10-7-3/h6-7,11H,2-3,5,8-10H2,1,4H3. The van der Waals surface area contributed by atoms with Crippen LogP contribution in [-0.4, -0.2) is 23.1 Å². The van der Waals surface area contributed by atoms with Crippen molar-refractivity contribution >= 4 is 5.95 Å². The SMILES string of the molecule is C=CCN(CC=C)c1ncc(CCC)c(C)n1. The Kier molecular flexibility index (Phi) is 5.40. The summed E-state index contributed by atoms with van der Waals surface area (Å²) in [5.74, 6) is 0.752. The van der Waals surface area contributed by atoms with Gasteiger partial charge in [-0.25, -0.2) is 9.97 Å². The highest BCUT2D eigenvalue weighted by atomic mass is 15.2. The third-order valence-corrected chi connectivity index (χ3v) is 2.57. The van der Waals surface area contributed by atoms with Gasteiger partial charge in [0.2, 0.25) is 5.95 Å². The summed E-state index contributed by atoms with van der Waals surface area (Å²) < 4.78 is 0. The second kappa shape index (κ2) is 6.84. The minimum Gasteiger partial charge on any atom is -0.333 e. The third-order valence-electron chi connectivity index (χ3n) is 2.57. The molecule has 92 valence electrons. The minimum atomic E-state index is 0.735. The molecule has 17 heavy (non-hydrogen) atoms. The zero-order chi connectivity index (χ0) is 12.7. The highest BCUT2D eigenvalue weighted by Crippen LogP contribution is 2.12. The van der Waals surface area contributed by atoms with Gasteiger partial charge in [-0.1, -0.05) is 25.5 Å². The fraction of sp³-hybridized carbons (Fsp3) is 0.429. The molecule has 0 atom stereocenters. The van der Waals surface area contributed by atoms with Gasteiger partial charge in [-0.2, -0.15) is 0 Å². The lowest BCUT2D eigenvalue weighted by Crippen LogP contribution is -2.25. The molecule has 0 spiro atoms. The summed E-state index contributed by atoms with van der Waals surface area (Å²) in [7, 11) is 0. The van der Waals surface area contributed by atoms with Gasteiger partial charge >= 0.3 is 0 Å². The molecule has 0 saturated carbocycles. The highest BCUT2D eigenvalue weighted by Gasteiger charge is 2.08. The fourth-order valence-electron chi connectivity index (χ4n) is 1.70. The first kappa shape index (κ1) is 13.4. The van der Waals surface area contributed by atoms with Gasteiger partial charge in [-0.15, -0.1) is 13.2 Å². The molecular formula is C14H21N3. The fourth-order valence-corrected chi connectivity index (χ4v) is 1.70. The van der Waals surface area contributed by atoms with Crippen LogP contribution < -0.4 is 4.90 Å². The molecule has 0 aromatic carbocycles. The van der Waals surface area contributed by atoms with Crippen molar-refractivity contribution in [3.8, 4) is 0 Å². The van der Waals surface area contributed by atoms with Crippen molar-refractivity contribution < 1.29 is 0 Å². The van der Waals surface area contributed by atoms with E-state index in [-0.39, 0.29) is 0 Å². The van der Waals surface area contributed by atoms with Crippen LogP contribution in [0.4, 0.5) is 5.95 Å². The summed E-state index contributed by atoms with van der Waals surface area (Å²) in [4.78, 5) is 11.0. The van der Waals surface area contributed by atoms with Crippen LogP contribution >= 0.6 is 0 Å². The smallest absolute Gasteiger partial charge is 0.226 e. The lowest BCUT2D eigenvalue weighted by atomic mass is 10.1. The number of hydrogen-bond donors (Lipinski definition) is 0. The maximum Gasteiger partial charge on any atom is 0.226 e. The van der Waals surface area contributed by atoms with Crippen LogP contribution in [-0.2, 0) is 6.42 Å². The second-order valence-electron chi connectivity index (χ2n) is 4.01. The van der Waals surface area contributed by atoms with Crippen molar-refractivity contribution in [2.45, 2.75) is 26.7 Å². The van der Waals surface area contributed by atoms with Gasteiger partial charge in [0.15, 0.2) is 0 Å². The largest absolute Gasteiger partial charge is 0.333 e. The van der Waals surface area contributed by atoms with Crippen molar-refractivity contribution in [1.82, 2.24) is 9.97 Å². The van der Waals surface area contributed by atoms with Gasteiger partial charge in [0.05, 0.1) is 0 Å². The van der Waals surface area contributed by atoms with Crippen LogP contribution in [0.2, 0.25) is 0 Å².